The lowest BCUT2D eigenvalue weighted by Crippen LogP contribution is -2.29. The normalized spacial score (nSPS) is 12.2. The number of nitrogens with one attached hydrogen (secondary N) is 1. The molecule has 1 rings (SSSR count). The fraction of sp³-hybridized carbons (Fsp3) is 0.462. The van der Waals surface area contributed by atoms with Gasteiger partial charge in [-0.3, -0.25) is 5.32 Å². The summed E-state index contributed by atoms with van der Waals surface area (Å²) in [6.07, 6.45) is -0.895. The zero-order valence-corrected chi connectivity index (χ0v) is 11.3. The zero-order valence-electron chi connectivity index (χ0n) is 10.6. The van der Waals surface area contributed by atoms with Crippen molar-refractivity contribution in [3.63, 3.8) is 0 Å². The van der Waals surface area contributed by atoms with E-state index in [-0.39, 0.29) is 12.0 Å². The molecule has 0 fully saturated rings. The van der Waals surface area contributed by atoms with Crippen LogP contribution in [0.15, 0.2) is 30.3 Å². The molecule has 0 bridgehead atoms. The Morgan fingerprint density at radius 2 is 2.00 bits per heavy atom. The fourth-order valence-electron chi connectivity index (χ4n) is 1.23. The van der Waals surface area contributed by atoms with Gasteiger partial charge in [0.1, 0.15) is 6.10 Å². The van der Waals surface area contributed by atoms with Crippen LogP contribution in [-0.2, 0) is 9.47 Å². The van der Waals surface area contributed by atoms with Gasteiger partial charge >= 0.3 is 6.09 Å². The molecule has 0 radical (unpaired) electrons. The van der Waals surface area contributed by atoms with Gasteiger partial charge < -0.3 is 9.47 Å². The van der Waals surface area contributed by atoms with Gasteiger partial charge in [-0.15, -0.1) is 11.6 Å². The first-order chi connectivity index (χ1) is 8.61. The van der Waals surface area contributed by atoms with E-state index in [2.05, 4.69) is 5.32 Å². The number of carbonyl (C=O) groups is 1. The van der Waals surface area contributed by atoms with Crippen molar-refractivity contribution in [1.82, 2.24) is 0 Å². The fourth-order valence-corrected chi connectivity index (χ4v) is 1.38. The van der Waals surface area contributed by atoms with E-state index in [4.69, 9.17) is 21.1 Å². The van der Waals surface area contributed by atoms with Crippen LogP contribution in [0.2, 0.25) is 0 Å². The quantitative estimate of drug-likeness (QED) is 0.808. The van der Waals surface area contributed by atoms with Crippen LogP contribution in [0.1, 0.15) is 13.8 Å². The van der Waals surface area contributed by atoms with Crippen molar-refractivity contribution in [2.45, 2.75) is 26.1 Å². The van der Waals surface area contributed by atoms with Crippen molar-refractivity contribution in [3.8, 4) is 0 Å². The highest BCUT2D eigenvalue weighted by Crippen LogP contribution is 2.07. The molecule has 0 spiro atoms. The summed E-state index contributed by atoms with van der Waals surface area (Å²) in [6, 6.07) is 9.09. The van der Waals surface area contributed by atoms with Gasteiger partial charge in [0.15, 0.2) is 0 Å². The summed E-state index contributed by atoms with van der Waals surface area (Å²) in [7, 11) is 0. The molecular weight excluding hydrogens is 254 g/mol. The smallest absolute Gasteiger partial charge is 0.412 e. The van der Waals surface area contributed by atoms with Gasteiger partial charge in [0.2, 0.25) is 0 Å². The van der Waals surface area contributed by atoms with Crippen LogP contribution in [0.3, 0.4) is 0 Å². The Morgan fingerprint density at radius 3 is 2.56 bits per heavy atom. The summed E-state index contributed by atoms with van der Waals surface area (Å²) in [5, 5.41) is 2.62. The van der Waals surface area contributed by atoms with Gasteiger partial charge in [0.05, 0.1) is 18.6 Å². The Labute approximate surface area is 112 Å². The first-order valence-electron chi connectivity index (χ1n) is 5.82. The van der Waals surface area contributed by atoms with E-state index in [1.54, 1.807) is 12.1 Å². The molecule has 1 aromatic carbocycles. The molecule has 0 unspecified atom stereocenters. The molecule has 0 saturated carbocycles. The van der Waals surface area contributed by atoms with Gasteiger partial charge in [-0.1, -0.05) is 18.2 Å². The summed E-state index contributed by atoms with van der Waals surface area (Å²) in [6.45, 7) is 4.12. The van der Waals surface area contributed by atoms with E-state index in [0.29, 0.717) is 12.3 Å². The van der Waals surface area contributed by atoms with Crippen LogP contribution in [-0.4, -0.2) is 30.8 Å². The molecule has 1 atom stereocenters. The van der Waals surface area contributed by atoms with Crippen molar-refractivity contribution < 1.29 is 14.3 Å². The number of rotatable bonds is 6. The average molecular weight is 272 g/mol. The Balaban J connectivity index is 2.37. The number of hydrogen-bond donors (Lipinski definition) is 1. The lowest BCUT2D eigenvalue weighted by atomic mass is 10.3. The van der Waals surface area contributed by atoms with Gasteiger partial charge in [0, 0.05) is 5.69 Å². The molecule has 0 aliphatic carbocycles. The molecular formula is C13H18ClNO3. The first kappa shape index (κ1) is 14.8. The van der Waals surface area contributed by atoms with Gasteiger partial charge in [-0.2, -0.15) is 0 Å². The first-order valence-corrected chi connectivity index (χ1v) is 6.35. The zero-order chi connectivity index (χ0) is 13.4. The molecule has 0 aromatic heterocycles. The van der Waals surface area contributed by atoms with Gasteiger partial charge in [-0.05, 0) is 26.0 Å². The molecule has 100 valence electrons. The molecule has 0 aliphatic heterocycles. The van der Waals surface area contributed by atoms with E-state index in [1.165, 1.54) is 0 Å². The number of alkyl halides is 1. The third-order valence-corrected chi connectivity index (χ3v) is 2.43. The highest BCUT2D eigenvalue weighted by Gasteiger charge is 2.14. The molecule has 0 saturated heterocycles. The second-order valence-corrected chi connectivity index (χ2v) is 4.36. The molecule has 4 nitrogen and oxygen atoms in total. The van der Waals surface area contributed by atoms with Crippen molar-refractivity contribution in [2.75, 3.05) is 17.8 Å². The minimum absolute atomic E-state index is 0.0801. The van der Waals surface area contributed by atoms with E-state index >= 15 is 0 Å². The minimum Gasteiger partial charge on any atom is -0.442 e. The molecule has 0 aliphatic rings. The standard InChI is InChI=1S/C13H18ClNO3/c1-10(2)17-9-12(8-14)18-13(16)15-11-6-4-3-5-7-11/h3-7,10,12H,8-9H2,1-2H3,(H,15,16)/t12-/m1/s1. The number of ether oxygens (including phenoxy) is 2. The summed E-state index contributed by atoms with van der Waals surface area (Å²) in [5.74, 6) is 0.203. The van der Waals surface area contributed by atoms with Crippen molar-refractivity contribution in [1.29, 1.82) is 0 Å². The predicted molar refractivity (Wildman–Crippen MR) is 72.1 cm³/mol. The van der Waals surface area contributed by atoms with Gasteiger partial charge in [-0.25, -0.2) is 4.79 Å². The van der Waals surface area contributed by atoms with Crippen LogP contribution in [0.5, 0.6) is 0 Å². The minimum atomic E-state index is -0.529. The Morgan fingerprint density at radius 1 is 1.33 bits per heavy atom. The van der Waals surface area contributed by atoms with Crippen molar-refractivity contribution >= 4 is 23.4 Å². The summed E-state index contributed by atoms with van der Waals surface area (Å²) >= 11 is 5.71. The van der Waals surface area contributed by atoms with Crippen molar-refractivity contribution in [2.24, 2.45) is 0 Å². The van der Waals surface area contributed by atoms with E-state index in [1.807, 2.05) is 32.0 Å². The number of hydrogen-bond acceptors (Lipinski definition) is 3. The van der Waals surface area contributed by atoms with Crippen LogP contribution < -0.4 is 5.32 Å². The van der Waals surface area contributed by atoms with E-state index < -0.39 is 12.2 Å². The number of halogens is 1. The SMILES string of the molecule is CC(C)OC[C@@H](CCl)OC(=O)Nc1ccccc1. The third-order valence-electron chi connectivity index (χ3n) is 2.08. The molecule has 18 heavy (non-hydrogen) atoms. The lowest BCUT2D eigenvalue weighted by molar-refractivity contribution is 0.00777. The Hall–Kier alpha value is -1.26. The number of para-hydroxylation sites is 1. The van der Waals surface area contributed by atoms with Crippen LogP contribution >= 0.6 is 11.6 Å². The highest BCUT2D eigenvalue weighted by atomic mass is 35.5. The summed E-state index contributed by atoms with van der Waals surface area (Å²) < 4.78 is 10.5. The molecule has 1 amide bonds. The van der Waals surface area contributed by atoms with E-state index in [9.17, 15) is 4.79 Å². The van der Waals surface area contributed by atoms with Crippen LogP contribution in [0.4, 0.5) is 10.5 Å². The third kappa shape index (κ3) is 5.89. The van der Waals surface area contributed by atoms with Gasteiger partial charge in [0.25, 0.3) is 0 Å². The number of benzene rings is 1. The summed E-state index contributed by atoms with van der Waals surface area (Å²) in [5.41, 5.74) is 0.681. The molecule has 1 aromatic rings. The molecule has 0 heterocycles. The number of amides is 1. The van der Waals surface area contributed by atoms with Crippen LogP contribution in [0.25, 0.3) is 0 Å². The maximum Gasteiger partial charge on any atom is 0.412 e. The Kier molecular flexibility index (Phi) is 6.54. The topological polar surface area (TPSA) is 47.6 Å². The maximum absolute atomic E-state index is 11.6. The van der Waals surface area contributed by atoms with Crippen LogP contribution in [0, 0.1) is 0 Å². The predicted octanol–water partition coefficient (Wildman–Crippen LogP) is 3.27. The number of anilines is 1. The Bertz CT molecular complexity index is 357. The maximum atomic E-state index is 11.6. The van der Waals surface area contributed by atoms with E-state index in [0.717, 1.165) is 0 Å². The second kappa shape index (κ2) is 7.95. The summed E-state index contributed by atoms with van der Waals surface area (Å²) in [4.78, 5) is 11.6. The average Bonchev–Trinajstić information content (AvgIpc) is 2.35. The highest BCUT2D eigenvalue weighted by molar-refractivity contribution is 6.18. The molecule has 1 N–H and O–H groups in total. The monoisotopic (exact) mass is 271 g/mol. The lowest BCUT2D eigenvalue weighted by Gasteiger charge is -2.17. The van der Waals surface area contributed by atoms with Crippen molar-refractivity contribution in [3.05, 3.63) is 30.3 Å². The second-order valence-electron chi connectivity index (χ2n) is 4.05. The molecule has 5 heteroatoms. The largest absolute Gasteiger partial charge is 0.442 e. The number of carbonyl (C=O) groups excluding carboxylic acids is 1.